The molecular formula is C21H19N3O4S. The van der Waals surface area contributed by atoms with Crippen molar-refractivity contribution in [1.29, 1.82) is 5.26 Å². The van der Waals surface area contributed by atoms with Crippen molar-refractivity contribution in [3.63, 3.8) is 0 Å². The number of thiocyanates is 1. The lowest BCUT2D eigenvalue weighted by Crippen LogP contribution is -2.29. The van der Waals surface area contributed by atoms with E-state index >= 15 is 0 Å². The van der Waals surface area contributed by atoms with E-state index in [2.05, 4.69) is 10.6 Å². The number of esters is 1. The Bertz CT molecular complexity index is 981. The molecule has 29 heavy (non-hydrogen) atoms. The molecule has 0 bridgehead atoms. The van der Waals surface area contributed by atoms with E-state index in [0.29, 0.717) is 11.3 Å². The van der Waals surface area contributed by atoms with Crippen molar-refractivity contribution in [2.75, 3.05) is 11.9 Å². The molecule has 2 N–H and O–H groups in total. The highest BCUT2D eigenvalue weighted by molar-refractivity contribution is 8.03. The lowest BCUT2D eigenvalue weighted by Gasteiger charge is -2.11. The molecule has 0 heterocycles. The van der Waals surface area contributed by atoms with Crippen LogP contribution in [0.2, 0.25) is 0 Å². The Morgan fingerprint density at radius 3 is 2.52 bits per heavy atom. The number of nitrogens with zero attached hydrogens (tertiary/aromatic N) is 1. The largest absolute Gasteiger partial charge is 0.451 e. The van der Waals surface area contributed by atoms with Crippen LogP contribution < -0.4 is 10.6 Å². The molecule has 0 atom stereocenters. The van der Waals surface area contributed by atoms with E-state index in [-0.39, 0.29) is 5.70 Å². The first-order valence-corrected chi connectivity index (χ1v) is 9.38. The van der Waals surface area contributed by atoms with Gasteiger partial charge in [-0.2, -0.15) is 5.26 Å². The molecule has 0 aliphatic heterocycles. The zero-order chi connectivity index (χ0) is 21.2. The van der Waals surface area contributed by atoms with Gasteiger partial charge in [0.05, 0.1) is 0 Å². The number of nitrogens with one attached hydrogen (secondary N) is 2. The Morgan fingerprint density at radius 1 is 1.17 bits per heavy atom. The number of benzene rings is 2. The van der Waals surface area contributed by atoms with Gasteiger partial charge in [0.25, 0.3) is 5.91 Å². The summed E-state index contributed by atoms with van der Waals surface area (Å²) in [5, 5.41) is 15.8. The van der Waals surface area contributed by atoms with Crippen LogP contribution in [-0.4, -0.2) is 24.4 Å². The van der Waals surface area contributed by atoms with Crippen LogP contribution in [0.3, 0.4) is 0 Å². The summed E-state index contributed by atoms with van der Waals surface area (Å²) in [5.41, 5.74) is 1.96. The van der Waals surface area contributed by atoms with Gasteiger partial charge in [0.2, 0.25) is 5.91 Å². The second-order valence-electron chi connectivity index (χ2n) is 5.94. The van der Waals surface area contributed by atoms with Crippen molar-refractivity contribution in [1.82, 2.24) is 5.32 Å². The number of amides is 2. The highest BCUT2D eigenvalue weighted by atomic mass is 32.2. The van der Waals surface area contributed by atoms with Crippen LogP contribution in [0, 0.1) is 17.6 Å². The Labute approximate surface area is 172 Å². The third-order valence-corrected chi connectivity index (χ3v) is 4.19. The number of rotatable bonds is 7. The first-order chi connectivity index (χ1) is 13.9. The molecule has 7 nitrogen and oxygen atoms in total. The first-order valence-electron chi connectivity index (χ1n) is 8.57. The summed E-state index contributed by atoms with van der Waals surface area (Å²) < 4.78 is 5.03. The van der Waals surface area contributed by atoms with Gasteiger partial charge in [0, 0.05) is 17.5 Å². The van der Waals surface area contributed by atoms with Crippen LogP contribution >= 0.6 is 11.8 Å². The van der Waals surface area contributed by atoms with Gasteiger partial charge < -0.3 is 15.4 Å². The number of aryl methyl sites for hydroxylation is 1. The molecule has 0 aromatic heterocycles. The highest BCUT2D eigenvalue weighted by Crippen LogP contribution is 2.23. The molecule has 0 radical (unpaired) electrons. The number of nitriles is 1. The molecule has 0 aliphatic rings. The van der Waals surface area contributed by atoms with Crippen molar-refractivity contribution in [3.05, 3.63) is 65.4 Å². The van der Waals surface area contributed by atoms with Crippen LogP contribution in [0.1, 0.15) is 18.1 Å². The summed E-state index contributed by atoms with van der Waals surface area (Å²) in [4.78, 5) is 36.6. The predicted molar refractivity (Wildman–Crippen MR) is 110 cm³/mol. The summed E-state index contributed by atoms with van der Waals surface area (Å²) in [7, 11) is 0. The zero-order valence-corrected chi connectivity index (χ0v) is 16.7. The summed E-state index contributed by atoms with van der Waals surface area (Å²) in [5.74, 6) is -1.78. The Balaban J connectivity index is 2.00. The summed E-state index contributed by atoms with van der Waals surface area (Å²) in [6.45, 7) is 2.55. The van der Waals surface area contributed by atoms with Crippen molar-refractivity contribution >= 4 is 41.3 Å². The average Bonchev–Trinajstić information content (AvgIpc) is 2.68. The van der Waals surface area contributed by atoms with Gasteiger partial charge in [0.1, 0.15) is 11.1 Å². The van der Waals surface area contributed by atoms with Crippen molar-refractivity contribution in [3.8, 4) is 5.40 Å². The number of hydrogen-bond acceptors (Lipinski definition) is 6. The molecule has 0 aliphatic carbocycles. The van der Waals surface area contributed by atoms with Gasteiger partial charge in [-0.15, -0.1) is 0 Å². The lowest BCUT2D eigenvalue weighted by molar-refractivity contribution is -0.144. The minimum absolute atomic E-state index is 0.0643. The standard InChI is InChI=1S/C21H19N3O4S/c1-14-10-17(29-13-22)8-9-18(14)24-20(26)12-28-21(27)19(23-15(2)25)11-16-6-4-3-5-7-16/h3-11H,12H2,1-2H3,(H,23,25)(H,24,26)/b19-11+. The molecule has 2 rings (SSSR count). The summed E-state index contributed by atoms with van der Waals surface area (Å²) >= 11 is 1.02. The maximum absolute atomic E-state index is 12.3. The maximum atomic E-state index is 12.3. The van der Waals surface area contributed by atoms with E-state index in [1.165, 1.54) is 13.0 Å². The van der Waals surface area contributed by atoms with Gasteiger partial charge in [-0.05, 0) is 54.1 Å². The first kappa shape index (κ1) is 21.7. The van der Waals surface area contributed by atoms with Gasteiger partial charge >= 0.3 is 5.97 Å². The Hall–Kier alpha value is -3.57. The number of hydrogen-bond donors (Lipinski definition) is 2. The number of thioether (sulfide) groups is 1. The molecule has 0 saturated carbocycles. The highest BCUT2D eigenvalue weighted by Gasteiger charge is 2.15. The number of anilines is 1. The fraction of sp³-hybridized carbons (Fsp3) is 0.143. The molecule has 2 aromatic carbocycles. The van der Waals surface area contributed by atoms with Gasteiger partial charge in [-0.25, -0.2) is 4.79 Å². The molecule has 2 amide bonds. The average molecular weight is 409 g/mol. The Morgan fingerprint density at radius 2 is 1.90 bits per heavy atom. The van der Waals surface area contributed by atoms with Crippen LogP contribution in [0.5, 0.6) is 0 Å². The number of carbonyl (C=O) groups excluding carboxylic acids is 3. The third-order valence-electron chi connectivity index (χ3n) is 3.61. The minimum Gasteiger partial charge on any atom is -0.451 e. The molecule has 0 unspecified atom stereocenters. The molecule has 0 spiro atoms. The minimum atomic E-state index is -0.823. The fourth-order valence-corrected chi connectivity index (χ4v) is 2.82. The van der Waals surface area contributed by atoms with Crippen molar-refractivity contribution in [2.45, 2.75) is 18.7 Å². The molecule has 0 fully saturated rings. The van der Waals surface area contributed by atoms with E-state index in [1.807, 2.05) is 11.5 Å². The second kappa shape index (κ2) is 10.7. The van der Waals surface area contributed by atoms with Crippen molar-refractivity contribution in [2.24, 2.45) is 0 Å². The smallest absolute Gasteiger partial charge is 0.355 e. The molecule has 148 valence electrons. The summed E-state index contributed by atoms with van der Waals surface area (Å²) in [6.07, 6.45) is 1.47. The SMILES string of the molecule is CC(=O)N/C(=C/c1ccccc1)C(=O)OCC(=O)Nc1ccc(SC#N)cc1C. The lowest BCUT2D eigenvalue weighted by atomic mass is 10.2. The Kier molecular flexibility index (Phi) is 8.00. The summed E-state index contributed by atoms with van der Waals surface area (Å²) in [6, 6.07) is 14.1. The van der Waals surface area contributed by atoms with Crippen LogP contribution in [0.4, 0.5) is 5.69 Å². The second-order valence-corrected chi connectivity index (χ2v) is 6.80. The van der Waals surface area contributed by atoms with E-state index < -0.39 is 24.4 Å². The van der Waals surface area contributed by atoms with E-state index in [0.717, 1.165) is 22.2 Å². The van der Waals surface area contributed by atoms with Crippen LogP contribution in [0.15, 0.2) is 59.1 Å². The molecular weight excluding hydrogens is 390 g/mol. The maximum Gasteiger partial charge on any atom is 0.355 e. The van der Waals surface area contributed by atoms with Crippen LogP contribution in [-0.2, 0) is 19.1 Å². The van der Waals surface area contributed by atoms with E-state index in [1.54, 1.807) is 49.4 Å². The van der Waals surface area contributed by atoms with E-state index in [4.69, 9.17) is 10.00 Å². The van der Waals surface area contributed by atoms with Crippen LogP contribution in [0.25, 0.3) is 6.08 Å². The third kappa shape index (κ3) is 7.16. The molecule has 8 heteroatoms. The normalized spacial score (nSPS) is 10.6. The van der Waals surface area contributed by atoms with Gasteiger partial charge in [-0.3, -0.25) is 9.59 Å². The number of carbonyl (C=O) groups is 3. The predicted octanol–water partition coefficient (Wildman–Crippen LogP) is 3.23. The quantitative estimate of drug-likeness (QED) is 0.315. The van der Waals surface area contributed by atoms with E-state index in [9.17, 15) is 14.4 Å². The molecule has 2 aromatic rings. The zero-order valence-electron chi connectivity index (χ0n) is 15.9. The number of ether oxygens (including phenoxy) is 1. The van der Waals surface area contributed by atoms with Gasteiger partial charge in [0.15, 0.2) is 6.61 Å². The van der Waals surface area contributed by atoms with Crippen molar-refractivity contribution < 1.29 is 19.1 Å². The molecule has 0 saturated heterocycles. The monoisotopic (exact) mass is 409 g/mol. The fourth-order valence-electron chi connectivity index (χ4n) is 2.34. The topological polar surface area (TPSA) is 108 Å². The van der Waals surface area contributed by atoms with Gasteiger partial charge in [-0.1, -0.05) is 30.3 Å².